The third kappa shape index (κ3) is 1.89. The molecule has 104 valence electrons. The number of urea groups is 1. The fourth-order valence-electron chi connectivity index (χ4n) is 2.70. The smallest absolute Gasteiger partial charge is 0.331 e. The van der Waals surface area contributed by atoms with Gasteiger partial charge in [0.2, 0.25) is 17.7 Å². The normalized spacial score (nSPS) is 22.2. The predicted molar refractivity (Wildman–Crippen MR) is 64.6 cm³/mol. The van der Waals surface area contributed by atoms with Crippen LogP contribution in [0.25, 0.3) is 0 Å². The average molecular weight is 267 g/mol. The first-order valence-corrected chi connectivity index (χ1v) is 6.19. The van der Waals surface area contributed by atoms with Gasteiger partial charge in [-0.05, 0) is 26.7 Å². The highest BCUT2D eigenvalue weighted by atomic mass is 16.2. The van der Waals surface area contributed by atoms with Crippen LogP contribution in [0.4, 0.5) is 4.79 Å². The fourth-order valence-corrected chi connectivity index (χ4v) is 2.70. The van der Waals surface area contributed by atoms with Gasteiger partial charge in [-0.15, -0.1) is 0 Å². The van der Waals surface area contributed by atoms with E-state index in [0.29, 0.717) is 12.8 Å². The zero-order chi connectivity index (χ0) is 14.4. The summed E-state index contributed by atoms with van der Waals surface area (Å²) in [5.74, 6) is -1.65. The molecule has 2 rings (SSSR count). The Hall–Kier alpha value is -1.92. The third-order valence-electron chi connectivity index (χ3n) is 3.89. The quantitative estimate of drug-likeness (QED) is 0.695. The summed E-state index contributed by atoms with van der Waals surface area (Å²) in [6.07, 6.45) is 1.51. The number of amides is 5. The number of nitrogens with zero attached hydrogens (tertiary/aromatic N) is 1. The van der Waals surface area contributed by atoms with Crippen LogP contribution < -0.4 is 11.1 Å². The summed E-state index contributed by atoms with van der Waals surface area (Å²) in [6.45, 7) is 3.16. The Bertz CT molecular complexity index is 479. The molecule has 1 heterocycles. The first kappa shape index (κ1) is 13.5. The number of carbonyl (C=O) groups is 4. The Morgan fingerprint density at radius 3 is 2.37 bits per heavy atom. The van der Waals surface area contributed by atoms with Gasteiger partial charge in [-0.25, -0.2) is 4.79 Å². The SMILES string of the molecule is CC(C)(CC(N)=O)N1C(=O)NC(=O)C2(CCC2)C1=O. The van der Waals surface area contributed by atoms with E-state index in [0.717, 1.165) is 11.3 Å². The minimum absolute atomic E-state index is 0.142. The van der Waals surface area contributed by atoms with Crippen LogP contribution in [-0.4, -0.2) is 34.2 Å². The molecule has 7 nitrogen and oxygen atoms in total. The summed E-state index contributed by atoms with van der Waals surface area (Å²) in [4.78, 5) is 48.2. The van der Waals surface area contributed by atoms with Crippen molar-refractivity contribution in [3.8, 4) is 0 Å². The fraction of sp³-hybridized carbons (Fsp3) is 0.667. The Balaban J connectivity index is 2.34. The topological polar surface area (TPSA) is 110 Å². The van der Waals surface area contributed by atoms with E-state index in [1.54, 1.807) is 13.8 Å². The van der Waals surface area contributed by atoms with Crippen LogP contribution in [0.5, 0.6) is 0 Å². The minimum atomic E-state index is -1.12. The molecule has 3 N–H and O–H groups in total. The van der Waals surface area contributed by atoms with E-state index in [1.165, 1.54) is 0 Å². The summed E-state index contributed by atoms with van der Waals surface area (Å²) in [5, 5.41) is 2.21. The van der Waals surface area contributed by atoms with Crippen molar-refractivity contribution in [3.05, 3.63) is 0 Å². The number of barbiturate groups is 1. The molecular formula is C12H17N3O4. The van der Waals surface area contributed by atoms with Gasteiger partial charge in [0.15, 0.2) is 0 Å². The Morgan fingerprint density at radius 1 is 1.37 bits per heavy atom. The van der Waals surface area contributed by atoms with Crippen molar-refractivity contribution in [2.75, 3.05) is 0 Å². The maximum Gasteiger partial charge on any atom is 0.331 e. The van der Waals surface area contributed by atoms with Gasteiger partial charge in [-0.1, -0.05) is 6.42 Å². The first-order chi connectivity index (χ1) is 8.70. The van der Waals surface area contributed by atoms with Crippen molar-refractivity contribution in [1.82, 2.24) is 10.2 Å². The average Bonchev–Trinajstić information content (AvgIpc) is 2.10. The van der Waals surface area contributed by atoms with E-state index < -0.39 is 34.7 Å². The number of nitrogens with two attached hydrogens (primary N) is 1. The molecule has 1 saturated carbocycles. The van der Waals surface area contributed by atoms with Crippen LogP contribution in [0, 0.1) is 5.41 Å². The zero-order valence-electron chi connectivity index (χ0n) is 11.0. The molecule has 1 aliphatic heterocycles. The molecule has 0 unspecified atom stereocenters. The summed E-state index contributed by atoms with van der Waals surface area (Å²) >= 11 is 0. The number of rotatable bonds is 3. The summed E-state index contributed by atoms with van der Waals surface area (Å²) in [5.41, 5.74) is 2.97. The lowest BCUT2D eigenvalue weighted by Crippen LogP contribution is -2.70. The lowest BCUT2D eigenvalue weighted by molar-refractivity contribution is -0.161. The van der Waals surface area contributed by atoms with Crippen LogP contribution in [0.15, 0.2) is 0 Å². The minimum Gasteiger partial charge on any atom is -0.370 e. The molecule has 1 spiro atoms. The van der Waals surface area contributed by atoms with Crippen molar-refractivity contribution in [2.24, 2.45) is 11.1 Å². The van der Waals surface area contributed by atoms with E-state index in [-0.39, 0.29) is 6.42 Å². The summed E-state index contributed by atoms with van der Waals surface area (Å²) < 4.78 is 0. The Labute approximate surface area is 110 Å². The molecule has 5 amide bonds. The van der Waals surface area contributed by atoms with Crippen molar-refractivity contribution >= 4 is 23.8 Å². The first-order valence-electron chi connectivity index (χ1n) is 6.19. The molecule has 0 aromatic rings. The van der Waals surface area contributed by atoms with Gasteiger partial charge < -0.3 is 5.73 Å². The van der Waals surface area contributed by atoms with Crippen LogP contribution in [0.2, 0.25) is 0 Å². The van der Waals surface area contributed by atoms with Crippen molar-refractivity contribution < 1.29 is 19.2 Å². The van der Waals surface area contributed by atoms with E-state index in [4.69, 9.17) is 5.73 Å². The Kier molecular flexibility index (Phi) is 2.87. The zero-order valence-corrected chi connectivity index (χ0v) is 11.0. The molecule has 1 saturated heterocycles. The summed E-state index contributed by atoms with van der Waals surface area (Å²) in [6, 6.07) is -0.779. The molecule has 0 atom stereocenters. The second kappa shape index (κ2) is 4.04. The molecule has 0 bridgehead atoms. The van der Waals surface area contributed by atoms with Gasteiger partial charge in [0, 0.05) is 6.42 Å². The monoisotopic (exact) mass is 267 g/mol. The molecular weight excluding hydrogens is 250 g/mol. The second-order valence-corrected chi connectivity index (χ2v) is 5.79. The largest absolute Gasteiger partial charge is 0.370 e. The molecule has 0 aromatic carbocycles. The van der Waals surface area contributed by atoms with Crippen molar-refractivity contribution in [3.63, 3.8) is 0 Å². The van der Waals surface area contributed by atoms with Gasteiger partial charge in [0.1, 0.15) is 5.41 Å². The predicted octanol–water partition coefficient (Wildman–Crippen LogP) is -0.111. The maximum absolute atomic E-state index is 12.5. The lowest BCUT2D eigenvalue weighted by Gasteiger charge is -2.49. The highest BCUT2D eigenvalue weighted by molar-refractivity contribution is 6.20. The molecule has 0 radical (unpaired) electrons. The van der Waals surface area contributed by atoms with Crippen molar-refractivity contribution in [2.45, 2.75) is 45.1 Å². The number of primary amides is 1. The standard InChI is InChI=1S/C12H17N3O4/c1-11(2,6-7(13)16)15-9(18)12(4-3-5-12)8(17)14-10(15)19/h3-6H2,1-2H3,(H2,13,16)(H,14,17,19). The summed E-state index contributed by atoms with van der Waals surface area (Å²) in [7, 11) is 0. The van der Waals surface area contributed by atoms with Gasteiger partial charge in [0.25, 0.3) is 0 Å². The van der Waals surface area contributed by atoms with Gasteiger partial charge in [-0.3, -0.25) is 24.6 Å². The van der Waals surface area contributed by atoms with Crippen LogP contribution in [0.1, 0.15) is 39.5 Å². The number of hydrogen-bond acceptors (Lipinski definition) is 4. The molecule has 2 aliphatic rings. The maximum atomic E-state index is 12.5. The van der Waals surface area contributed by atoms with Gasteiger partial charge in [-0.2, -0.15) is 0 Å². The number of carbonyl (C=O) groups excluding carboxylic acids is 4. The van der Waals surface area contributed by atoms with E-state index >= 15 is 0 Å². The van der Waals surface area contributed by atoms with Crippen LogP contribution in [-0.2, 0) is 14.4 Å². The third-order valence-corrected chi connectivity index (χ3v) is 3.89. The van der Waals surface area contributed by atoms with Crippen LogP contribution >= 0.6 is 0 Å². The number of nitrogens with one attached hydrogen (secondary N) is 1. The van der Waals surface area contributed by atoms with Crippen LogP contribution in [0.3, 0.4) is 0 Å². The highest BCUT2D eigenvalue weighted by Crippen LogP contribution is 2.45. The molecule has 0 aromatic heterocycles. The highest BCUT2D eigenvalue weighted by Gasteiger charge is 2.59. The second-order valence-electron chi connectivity index (χ2n) is 5.79. The molecule has 1 aliphatic carbocycles. The molecule has 19 heavy (non-hydrogen) atoms. The molecule has 2 fully saturated rings. The van der Waals surface area contributed by atoms with E-state index in [1.807, 2.05) is 0 Å². The number of hydrogen-bond donors (Lipinski definition) is 2. The van der Waals surface area contributed by atoms with Crippen molar-refractivity contribution in [1.29, 1.82) is 0 Å². The number of imide groups is 2. The molecule has 7 heteroatoms. The van der Waals surface area contributed by atoms with E-state index in [9.17, 15) is 19.2 Å². The Morgan fingerprint density at radius 2 is 1.95 bits per heavy atom. The van der Waals surface area contributed by atoms with Gasteiger partial charge in [0.05, 0.1) is 5.54 Å². The van der Waals surface area contributed by atoms with E-state index in [2.05, 4.69) is 5.32 Å². The van der Waals surface area contributed by atoms with Gasteiger partial charge >= 0.3 is 6.03 Å². The lowest BCUT2D eigenvalue weighted by atomic mass is 9.65.